The Hall–Kier alpha value is -1.40. The van der Waals surface area contributed by atoms with Crippen molar-refractivity contribution >= 4 is 11.9 Å². The second-order valence-electron chi connectivity index (χ2n) is 29.9. The molecule has 92 heavy (non-hydrogen) atoms. The first kappa shape index (κ1) is 90.6. The van der Waals surface area contributed by atoms with E-state index in [-0.39, 0.29) is 18.5 Å². The number of amides is 1. The Labute approximate surface area is 578 Å². The van der Waals surface area contributed by atoms with Crippen LogP contribution in [0.4, 0.5) is 0 Å². The second-order valence-corrected chi connectivity index (χ2v) is 29.9. The zero-order chi connectivity index (χ0) is 66.3. The lowest BCUT2D eigenvalue weighted by Gasteiger charge is -2.22. The zero-order valence-corrected chi connectivity index (χ0v) is 63.1. The SMILES string of the molecule is CCCCCCCC/C=C\CCCCCCCCCC(=O)OCCCCCCCCCCCCCCCCCCCCCCCCCCCCCCCCCCCCCCCC(=O)NC(CO)C(O)CCCCCCCCCCCCCCCCCCCCCCC. The molecule has 0 spiro atoms. The maximum Gasteiger partial charge on any atom is 0.305 e. The van der Waals surface area contributed by atoms with E-state index in [0.29, 0.717) is 25.9 Å². The number of nitrogens with one attached hydrogen (secondary N) is 1. The van der Waals surface area contributed by atoms with Gasteiger partial charge >= 0.3 is 5.97 Å². The number of hydrogen-bond acceptors (Lipinski definition) is 5. The summed E-state index contributed by atoms with van der Waals surface area (Å²) in [6, 6.07) is -0.537. The third kappa shape index (κ3) is 77.6. The van der Waals surface area contributed by atoms with E-state index in [9.17, 15) is 19.8 Å². The quantitative estimate of drug-likeness (QED) is 0.0320. The summed E-state index contributed by atoms with van der Waals surface area (Å²) < 4.78 is 5.51. The van der Waals surface area contributed by atoms with E-state index in [1.807, 2.05) is 0 Å². The van der Waals surface area contributed by atoms with Crippen molar-refractivity contribution in [2.45, 2.75) is 514 Å². The summed E-state index contributed by atoms with van der Waals surface area (Å²) in [5.41, 5.74) is 0. The Morgan fingerprint density at radius 1 is 0.293 bits per heavy atom. The van der Waals surface area contributed by atoms with Gasteiger partial charge in [0.05, 0.1) is 25.4 Å². The van der Waals surface area contributed by atoms with Crippen molar-refractivity contribution in [2.75, 3.05) is 13.2 Å². The van der Waals surface area contributed by atoms with Crippen molar-refractivity contribution < 1.29 is 24.5 Å². The van der Waals surface area contributed by atoms with Crippen LogP contribution in [0.1, 0.15) is 502 Å². The number of carbonyl (C=O) groups excluding carboxylic acids is 2. The molecule has 1 amide bonds. The first-order valence-corrected chi connectivity index (χ1v) is 42.9. The van der Waals surface area contributed by atoms with Crippen LogP contribution in [0.5, 0.6) is 0 Å². The van der Waals surface area contributed by atoms with Gasteiger partial charge in [-0.1, -0.05) is 450 Å². The Bertz CT molecular complexity index is 1400. The predicted octanol–water partition coefficient (Wildman–Crippen LogP) is 28.6. The molecule has 0 aromatic rings. The number of rotatable bonds is 82. The van der Waals surface area contributed by atoms with Crippen LogP contribution in [0.15, 0.2) is 12.2 Å². The van der Waals surface area contributed by atoms with Crippen LogP contribution in [0.3, 0.4) is 0 Å². The van der Waals surface area contributed by atoms with Gasteiger partial charge in [-0.15, -0.1) is 0 Å². The lowest BCUT2D eigenvalue weighted by molar-refractivity contribution is -0.143. The molecule has 0 heterocycles. The second kappa shape index (κ2) is 82.0. The minimum absolute atomic E-state index is 0.0214. The molecule has 0 aromatic carbocycles. The molecule has 0 rings (SSSR count). The Morgan fingerprint density at radius 3 is 0.772 bits per heavy atom. The average molecular weight is 1300 g/mol. The molecular formula is C86H169NO5. The fraction of sp³-hybridized carbons (Fsp3) is 0.953. The smallest absolute Gasteiger partial charge is 0.305 e. The molecule has 548 valence electrons. The molecule has 0 aliphatic carbocycles. The highest BCUT2D eigenvalue weighted by Crippen LogP contribution is 2.21. The highest BCUT2D eigenvalue weighted by atomic mass is 16.5. The van der Waals surface area contributed by atoms with Gasteiger partial charge in [-0.05, 0) is 51.4 Å². The molecule has 0 aromatic heterocycles. The van der Waals surface area contributed by atoms with Crippen molar-refractivity contribution in [3.05, 3.63) is 12.2 Å². The number of ether oxygens (including phenoxy) is 1. The van der Waals surface area contributed by atoms with Gasteiger partial charge in [0.2, 0.25) is 5.91 Å². The summed E-state index contributed by atoms with van der Waals surface area (Å²) in [4.78, 5) is 24.7. The molecule has 0 radical (unpaired) electrons. The highest BCUT2D eigenvalue weighted by Gasteiger charge is 2.20. The van der Waals surface area contributed by atoms with Crippen molar-refractivity contribution in [1.82, 2.24) is 5.32 Å². The molecule has 0 aliphatic rings. The van der Waals surface area contributed by atoms with Crippen molar-refractivity contribution in [3.63, 3.8) is 0 Å². The van der Waals surface area contributed by atoms with Gasteiger partial charge in [0.25, 0.3) is 0 Å². The minimum Gasteiger partial charge on any atom is -0.466 e. The molecule has 3 N–H and O–H groups in total. The van der Waals surface area contributed by atoms with Crippen LogP contribution in [0.2, 0.25) is 0 Å². The van der Waals surface area contributed by atoms with Gasteiger partial charge in [-0.25, -0.2) is 0 Å². The number of aliphatic hydroxyl groups excluding tert-OH is 2. The fourth-order valence-corrected chi connectivity index (χ4v) is 14.1. The molecular weight excluding hydrogens is 1130 g/mol. The predicted molar refractivity (Wildman–Crippen MR) is 407 cm³/mol. The van der Waals surface area contributed by atoms with Crippen LogP contribution in [0.25, 0.3) is 0 Å². The van der Waals surface area contributed by atoms with Crippen LogP contribution < -0.4 is 5.32 Å². The number of unbranched alkanes of at least 4 members (excludes halogenated alkanes) is 69. The fourth-order valence-electron chi connectivity index (χ4n) is 14.1. The maximum atomic E-state index is 12.6. The van der Waals surface area contributed by atoms with Crippen LogP contribution in [0, 0.1) is 0 Å². The van der Waals surface area contributed by atoms with Gasteiger partial charge in [0.15, 0.2) is 0 Å². The number of esters is 1. The topological polar surface area (TPSA) is 95.9 Å². The third-order valence-electron chi connectivity index (χ3n) is 20.6. The van der Waals surface area contributed by atoms with Crippen molar-refractivity contribution in [2.24, 2.45) is 0 Å². The van der Waals surface area contributed by atoms with E-state index >= 15 is 0 Å². The first-order chi connectivity index (χ1) is 45.5. The molecule has 0 fully saturated rings. The standard InChI is InChI=1S/C86H169NO5/c1-3-5-7-9-11-13-15-17-19-21-22-40-43-47-50-54-58-62-66-70-74-78-84(89)83(82-88)87-85(90)79-75-71-67-63-59-55-51-48-44-41-38-36-34-32-30-28-26-24-23-25-27-29-31-33-35-37-39-42-45-49-53-57-61-65-69-73-77-81-92-86(91)80-76-72-68-64-60-56-52-46-20-18-16-14-12-10-8-6-4-2/h18,20,83-84,88-89H,3-17,19,21-82H2,1-2H3,(H,87,90)/b20-18-. The van der Waals surface area contributed by atoms with Crippen LogP contribution >= 0.6 is 0 Å². The van der Waals surface area contributed by atoms with Crippen LogP contribution in [-0.2, 0) is 14.3 Å². The van der Waals surface area contributed by atoms with E-state index in [1.54, 1.807) is 0 Å². The summed E-state index contributed by atoms with van der Waals surface area (Å²) >= 11 is 0. The third-order valence-corrected chi connectivity index (χ3v) is 20.6. The molecule has 0 bridgehead atoms. The molecule has 0 aliphatic heterocycles. The van der Waals surface area contributed by atoms with Gasteiger partial charge in [0.1, 0.15) is 0 Å². The molecule has 2 atom stereocenters. The summed E-state index contributed by atoms with van der Waals surface area (Å²) in [6.45, 7) is 5.01. The average Bonchev–Trinajstić information content (AvgIpc) is 3.62. The van der Waals surface area contributed by atoms with E-state index in [0.717, 1.165) is 38.5 Å². The number of hydrogen-bond donors (Lipinski definition) is 3. The van der Waals surface area contributed by atoms with E-state index in [4.69, 9.17) is 4.74 Å². The number of allylic oxidation sites excluding steroid dienone is 2. The summed E-state index contributed by atoms with van der Waals surface area (Å²) in [7, 11) is 0. The molecule has 0 saturated heterocycles. The highest BCUT2D eigenvalue weighted by molar-refractivity contribution is 5.76. The largest absolute Gasteiger partial charge is 0.466 e. The Morgan fingerprint density at radius 2 is 0.511 bits per heavy atom. The maximum absolute atomic E-state index is 12.6. The molecule has 0 saturated carbocycles. The van der Waals surface area contributed by atoms with E-state index in [1.165, 1.54) is 430 Å². The summed E-state index contributed by atoms with van der Waals surface area (Å²) in [5.74, 6) is -0.00170. The van der Waals surface area contributed by atoms with Crippen molar-refractivity contribution in [3.8, 4) is 0 Å². The molecule has 2 unspecified atom stereocenters. The van der Waals surface area contributed by atoms with Gasteiger partial charge in [-0.2, -0.15) is 0 Å². The van der Waals surface area contributed by atoms with Gasteiger partial charge in [0, 0.05) is 12.8 Å². The summed E-state index contributed by atoms with van der Waals surface area (Å²) in [6.07, 6.45) is 105. The number of carbonyl (C=O) groups is 2. The Balaban J connectivity index is 3.30. The normalized spacial score (nSPS) is 12.4. The lowest BCUT2D eigenvalue weighted by Crippen LogP contribution is -2.45. The zero-order valence-electron chi connectivity index (χ0n) is 63.1. The minimum atomic E-state index is -0.661. The molecule has 6 heteroatoms. The first-order valence-electron chi connectivity index (χ1n) is 42.9. The van der Waals surface area contributed by atoms with Gasteiger partial charge < -0.3 is 20.3 Å². The number of aliphatic hydroxyl groups is 2. The van der Waals surface area contributed by atoms with Crippen LogP contribution in [-0.4, -0.2) is 47.4 Å². The lowest BCUT2D eigenvalue weighted by atomic mass is 10.0. The van der Waals surface area contributed by atoms with Crippen molar-refractivity contribution in [1.29, 1.82) is 0 Å². The van der Waals surface area contributed by atoms with E-state index < -0.39 is 12.1 Å². The summed E-state index contributed by atoms with van der Waals surface area (Å²) in [5, 5.41) is 23.5. The Kier molecular flexibility index (Phi) is 80.8. The van der Waals surface area contributed by atoms with Gasteiger partial charge in [-0.3, -0.25) is 9.59 Å². The monoisotopic (exact) mass is 1300 g/mol. The van der Waals surface area contributed by atoms with E-state index in [2.05, 4.69) is 31.3 Å². The molecule has 6 nitrogen and oxygen atoms in total.